The van der Waals surface area contributed by atoms with Crippen molar-refractivity contribution in [2.24, 2.45) is 0 Å². The number of aromatic nitrogens is 1. The van der Waals surface area contributed by atoms with Crippen molar-refractivity contribution >= 4 is 15.7 Å². The third kappa shape index (κ3) is 5.14. The summed E-state index contributed by atoms with van der Waals surface area (Å²) in [6, 6.07) is 1.40. The summed E-state index contributed by atoms with van der Waals surface area (Å²) in [6.07, 6.45) is 3.49. The van der Waals surface area contributed by atoms with Crippen LogP contribution in [0.5, 0.6) is 0 Å². The number of nitrogens with zero attached hydrogens (tertiary/aromatic N) is 2. The second-order valence-corrected chi connectivity index (χ2v) is 6.00. The van der Waals surface area contributed by atoms with Gasteiger partial charge in [0.1, 0.15) is 4.90 Å². The average molecular weight is 286 g/mol. The molecule has 0 aliphatic heterocycles. The highest BCUT2D eigenvalue weighted by Gasteiger charge is 2.13. The van der Waals surface area contributed by atoms with Crippen LogP contribution in [0.3, 0.4) is 0 Å². The fraction of sp³-hybridized carbons (Fsp3) is 0.583. The predicted molar refractivity (Wildman–Crippen MR) is 76.2 cm³/mol. The Morgan fingerprint density at radius 3 is 2.58 bits per heavy atom. The van der Waals surface area contributed by atoms with Gasteiger partial charge in [0, 0.05) is 18.9 Å². The molecule has 0 aromatic carbocycles. The molecule has 0 amide bonds. The molecule has 6 nitrogen and oxygen atoms in total. The number of nitrogens with two attached hydrogens (primary N) is 1. The van der Waals surface area contributed by atoms with Crippen LogP contribution in [0.15, 0.2) is 23.4 Å². The van der Waals surface area contributed by atoms with Crippen LogP contribution < -0.4 is 10.5 Å². The number of hydrogen-bond donors (Lipinski definition) is 2. The predicted octanol–water partition coefficient (Wildman–Crippen LogP) is 0.674. The van der Waals surface area contributed by atoms with Gasteiger partial charge in [0.2, 0.25) is 10.0 Å². The zero-order chi connectivity index (χ0) is 14.3. The highest BCUT2D eigenvalue weighted by atomic mass is 32.2. The lowest BCUT2D eigenvalue weighted by molar-refractivity contribution is 0.300. The van der Waals surface area contributed by atoms with Crippen molar-refractivity contribution in [2.75, 3.05) is 31.9 Å². The van der Waals surface area contributed by atoms with E-state index in [9.17, 15) is 8.42 Å². The number of sulfonamides is 1. The van der Waals surface area contributed by atoms with Gasteiger partial charge in [0.25, 0.3) is 0 Å². The van der Waals surface area contributed by atoms with Gasteiger partial charge >= 0.3 is 0 Å². The van der Waals surface area contributed by atoms with E-state index in [2.05, 4.69) is 28.5 Å². The van der Waals surface area contributed by atoms with Crippen molar-refractivity contribution in [1.29, 1.82) is 0 Å². The minimum atomic E-state index is -3.51. The van der Waals surface area contributed by atoms with E-state index >= 15 is 0 Å². The Labute approximate surface area is 115 Å². The number of pyridine rings is 1. The van der Waals surface area contributed by atoms with Gasteiger partial charge in [0.05, 0.1) is 5.69 Å². The molecule has 1 aromatic heterocycles. The zero-order valence-corrected chi connectivity index (χ0v) is 12.3. The minimum Gasteiger partial charge on any atom is -0.397 e. The smallest absolute Gasteiger partial charge is 0.242 e. The topological polar surface area (TPSA) is 88.3 Å². The number of anilines is 1. The summed E-state index contributed by atoms with van der Waals surface area (Å²) in [5.41, 5.74) is 5.86. The van der Waals surface area contributed by atoms with Crippen molar-refractivity contribution in [2.45, 2.75) is 25.2 Å². The fourth-order valence-corrected chi connectivity index (χ4v) is 2.79. The molecule has 1 aromatic rings. The Bertz CT molecular complexity index is 486. The van der Waals surface area contributed by atoms with Crippen LogP contribution in [-0.2, 0) is 10.0 Å². The molecule has 0 aliphatic rings. The largest absolute Gasteiger partial charge is 0.397 e. The Hall–Kier alpha value is -1.18. The first-order chi connectivity index (χ1) is 8.99. The van der Waals surface area contributed by atoms with Gasteiger partial charge in [-0.25, -0.2) is 13.1 Å². The lowest BCUT2D eigenvalue weighted by Gasteiger charge is -2.17. The maximum atomic E-state index is 11.9. The molecule has 0 radical (unpaired) electrons. The molecule has 0 unspecified atom stereocenters. The van der Waals surface area contributed by atoms with Gasteiger partial charge < -0.3 is 10.6 Å². The molecule has 0 saturated heterocycles. The first-order valence-corrected chi connectivity index (χ1v) is 7.90. The second-order valence-electron chi connectivity index (χ2n) is 4.23. The third-order valence-electron chi connectivity index (χ3n) is 2.88. The Balaban J connectivity index is 2.48. The van der Waals surface area contributed by atoms with Gasteiger partial charge in [-0.3, -0.25) is 4.98 Å². The van der Waals surface area contributed by atoms with Crippen molar-refractivity contribution in [1.82, 2.24) is 14.6 Å². The molecule has 19 heavy (non-hydrogen) atoms. The van der Waals surface area contributed by atoms with Gasteiger partial charge in [-0.2, -0.15) is 0 Å². The first-order valence-electron chi connectivity index (χ1n) is 6.42. The monoisotopic (exact) mass is 286 g/mol. The molecule has 0 spiro atoms. The standard InChI is InChI=1S/C12H22N4O2S/c1-3-16(4-2)7-5-6-15-19(17,18)12-8-11(13)9-14-10-12/h8-10,15H,3-7,13H2,1-2H3. The van der Waals surface area contributed by atoms with E-state index < -0.39 is 10.0 Å². The minimum absolute atomic E-state index is 0.107. The van der Waals surface area contributed by atoms with Crippen molar-refractivity contribution in [3.8, 4) is 0 Å². The lowest BCUT2D eigenvalue weighted by atomic mass is 10.4. The number of rotatable bonds is 8. The van der Waals surface area contributed by atoms with Crippen molar-refractivity contribution in [3.63, 3.8) is 0 Å². The molecule has 3 N–H and O–H groups in total. The summed E-state index contributed by atoms with van der Waals surface area (Å²) < 4.78 is 26.5. The number of nitrogen functional groups attached to an aromatic ring is 1. The molecule has 0 saturated carbocycles. The van der Waals surface area contributed by atoms with Crippen molar-refractivity contribution in [3.05, 3.63) is 18.5 Å². The lowest BCUT2D eigenvalue weighted by Crippen LogP contribution is -2.30. The van der Waals surface area contributed by atoms with E-state index in [0.29, 0.717) is 12.2 Å². The Morgan fingerprint density at radius 2 is 2.00 bits per heavy atom. The highest BCUT2D eigenvalue weighted by molar-refractivity contribution is 7.89. The van der Waals surface area contributed by atoms with E-state index in [0.717, 1.165) is 26.1 Å². The molecule has 1 heterocycles. The number of hydrogen-bond acceptors (Lipinski definition) is 5. The van der Waals surface area contributed by atoms with Gasteiger partial charge in [0.15, 0.2) is 0 Å². The Kier molecular flexibility index (Phi) is 6.20. The molecule has 1 rings (SSSR count). The van der Waals surface area contributed by atoms with Gasteiger partial charge in [-0.05, 0) is 32.1 Å². The zero-order valence-electron chi connectivity index (χ0n) is 11.5. The second kappa shape index (κ2) is 7.42. The van der Waals surface area contributed by atoms with Gasteiger partial charge in [-0.15, -0.1) is 0 Å². The van der Waals surface area contributed by atoms with Crippen LogP contribution in [0.25, 0.3) is 0 Å². The molecule has 0 bridgehead atoms. The summed E-state index contributed by atoms with van der Waals surface area (Å²) in [4.78, 5) is 6.13. The maximum absolute atomic E-state index is 11.9. The molecular formula is C12H22N4O2S. The molecule has 0 fully saturated rings. The molecular weight excluding hydrogens is 264 g/mol. The molecule has 0 atom stereocenters. The molecule has 108 valence electrons. The van der Waals surface area contributed by atoms with Crippen molar-refractivity contribution < 1.29 is 8.42 Å². The highest BCUT2D eigenvalue weighted by Crippen LogP contribution is 2.10. The fourth-order valence-electron chi connectivity index (χ4n) is 1.71. The number of nitrogens with one attached hydrogen (secondary N) is 1. The molecule has 0 aliphatic carbocycles. The van der Waals surface area contributed by atoms with Crippen LogP contribution in [0.1, 0.15) is 20.3 Å². The van der Waals surface area contributed by atoms with E-state index in [1.54, 1.807) is 0 Å². The van der Waals surface area contributed by atoms with Crippen LogP contribution in [-0.4, -0.2) is 44.5 Å². The Morgan fingerprint density at radius 1 is 1.32 bits per heavy atom. The van der Waals surface area contributed by atoms with Crippen LogP contribution in [0, 0.1) is 0 Å². The van der Waals surface area contributed by atoms with Crippen LogP contribution >= 0.6 is 0 Å². The third-order valence-corrected chi connectivity index (χ3v) is 4.31. The maximum Gasteiger partial charge on any atom is 0.242 e. The van der Waals surface area contributed by atoms with Gasteiger partial charge in [-0.1, -0.05) is 13.8 Å². The summed E-state index contributed by atoms with van der Waals surface area (Å²) in [7, 11) is -3.51. The van der Waals surface area contributed by atoms with E-state index in [4.69, 9.17) is 5.73 Å². The molecule has 7 heteroatoms. The average Bonchev–Trinajstić information content (AvgIpc) is 2.39. The normalized spacial score (nSPS) is 11.9. The quantitative estimate of drug-likeness (QED) is 0.686. The summed E-state index contributed by atoms with van der Waals surface area (Å²) in [6.45, 7) is 7.42. The van der Waals surface area contributed by atoms with Crippen LogP contribution in [0.2, 0.25) is 0 Å². The van der Waals surface area contributed by atoms with E-state index in [1.165, 1.54) is 18.5 Å². The summed E-state index contributed by atoms with van der Waals surface area (Å²) >= 11 is 0. The first kappa shape index (κ1) is 15.9. The van der Waals surface area contributed by atoms with Crippen LogP contribution in [0.4, 0.5) is 5.69 Å². The van der Waals surface area contributed by atoms with E-state index in [1.807, 2.05) is 0 Å². The summed E-state index contributed by atoms with van der Waals surface area (Å²) in [5, 5.41) is 0. The summed E-state index contributed by atoms with van der Waals surface area (Å²) in [5.74, 6) is 0. The SMILES string of the molecule is CCN(CC)CCCNS(=O)(=O)c1cncc(N)c1. The van der Waals surface area contributed by atoms with E-state index in [-0.39, 0.29) is 4.90 Å².